The first-order valence-corrected chi connectivity index (χ1v) is 9.28. The number of carbonyl (C=O) groups excluding carboxylic acids is 1. The van der Waals surface area contributed by atoms with Gasteiger partial charge in [-0.2, -0.15) is 0 Å². The molecule has 0 bridgehead atoms. The number of carbonyl (C=O) groups is 1. The monoisotopic (exact) mass is 361 g/mol. The fourth-order valence-corrected chi connectivity index (χ4v) is 3.73. The van der Waals surface area contributed by atoms with Crippen molar-refractivity contribution in [2.45, 2.75) is 33.2 Å². The Morgan fingerprint density at radius 3 is 2.81 bits per heavy atom. The van der Waals surface area contributed by atoms with E-state index in [4.69, 9.17) is 9.72 Å². The van der Waals surface area contributed by atoms with Crippen LogP contribution in [0.15, 0.2) is 59.8 Å². The molecule has 138 valence electrons. The lowest BCUT2D eigenvalue weighted by atomic mass is 9.92. The summed E-state index contributed by atoms with van der Waals surface area (Å²) in [6, 6.07) is 15.8. The van der Waals surface area contributed by atoms with Crippen molar-refractivity contribution >= 4 is 22.8 Å². The molecule has 2 heterocycles. The van der Waals surface area contributed by atoms with Gasteiger partial charge in [-0.05, 0) is 50.1 Å². The molecule has 0 radical (unpaired) electrons. The summed E-state index contributed by atoms with van der Waals surface area (Å²) in [4.78, 5) is 17.3. The van der Waals surface area contributed by atoms with E-state index in [9.17, 15) is 4.79 Å². The van der Waals surface area contributed by atoms with Crippen LogP contribution in [0.4, 0.5) is 5.95 Å². The van der Waals surface area contributed by atoms with Crippen LogP contribution in [0.1, 0.15) is 38.8 Å². The SMILES string of the molecule is CCCOc1cccc([C@H]2C(C(C)=O)=C(C)Nc3nc4ccccc4n32)c1. The number of anilines is 1. The Kier molecular flexibility index (Phi) is 4.44. The van der Waals surface area contributed by atoms with E-state index < -0.39 is 0 Å². The summed E-state index contributed by atoms with van der Waals surface area (Å²) in [5, 5.41) is 3.31. The quantitative estimate of drug-likeness (QED) is 0.715. The number of allylic oxidation sites excluding steroid dienone is 2. The minimum atomic E-state index is -0.240. The van der Waals surface area contributed by atoms with E-state index in [0.29, 0.717) is 6.61 Å². The molecule has 1 aromatic heterocycles. The molecule has 0 spiro atoms. The van der Waals surface area contributed by atoms with E-state index in [-0.39, 0.29) is 11.8 Å². The second kappa shape index (κ2) is 6.91. The summed E-state index contributed by atoms with van der Waals surface area (Å²) in [6.07, 6.45) is 0.950. The van der Waals surface area contributed by atoms with Crippen LogP contribution >= 0.6 is 0 Å². The standard InChI is InChI=1S/C22H23N3O2/c1-4-12-27-17-9-7-8-16(13-17)21-20(15(3)26)14(2)23-22-24-18-10-5-6-11-19(18)25(21)22/h5-11,13,21H,4,12H2,1-3H3,(H,23,24)/t21-/m0/s1. The van der Waals surface area contributed by atoms with Gasteiger partial charge in [0.2, 0.25) is 5.95 Å². The van der Waals surface area contributed by atoms with Gasteiger partial charge in [0.1, 0.15) is 5.75 Å². The molecule has 3 aromatic rings. The van der Waals surface area contributed by atoms with Crippen molar-refractivity contribution < 1.29 is 9.53 Å². The highest BCUT2D eigenvalue weighted by Gasteiger charge is 2.32. The normalized spacial score (nSPS) is 16.2. The summed E-state index contributed by atoms with van der Waals surface area (Å²) >= 11 is 0. The van der Waals surface area contributed by atoms with Crippen molar-refractivity contribution in [3.8, 4) is 5.75 Å². The maximum absolute atomic E-state index is 12.6. The second-order valence-corrected chi connectivity index (χ2v) is 6.84. The fraction of sp³-hybridized carbons (Fsp3) is 0.273. The highest BCUT2D eigenvalue weighted by Crippen LogP contribution is 2.40. The van der Waals surface area contributed by atoms with E-state index in [0.717, 1.165) is 46.0 Å². The zero-order valence-corrected chi connectivity index (χ0v) is 15.8. The van der Waals surface area contributed by atoms with E-state index >= 15 is 0 Å². The lowest BCUT2D eigenvalue weighted by Gasteiger charge is -2.30. The van der Waals surface area contributed by atoms with Gasteiger partial charge in [0.15, 0.2) is 5.78 Å². The van der Waals surface area contributed by atoms with Crippen molar-refractivity contribution in [2.75, 3.05) is 11.9 Å². The molecule has 1 aliphatic rings. The highest BCUT2D eigenvalue weighted by molar-refractivity contribution is 5.97. The third-order valence-electron chi connectivity index (χ3n) is 4.86. The van der Waals surface area contributed by atoms with Crippen LogP contribution in [0, 0.1) is 0 Å². The first-order chi connectivity index (χ1) is 13.1. The number of rotatable bonds is 5. The first-order valence-electron chi connectivity index (χ1n) is 9.28. The molecule has 0 saturated carbocycles. The molecule has 1 atom stereocenters. The zero-order valence-electron chi connectivity index (χ0n) is 15.8. The predicted molar refractivity (Wildman–Crippen MR) is 107 cm³/mol. The van der Waals surface area contributed by atoms with Crippen LogP contribution in [0.5, 0.6) is 5.75 Å². The van der Waals surface area contributed by atoms with E-state index in [2.05, 4.69) is 16.8 Å². The fourth-order valence-electron chi connectivity index (χ4n) is 3.73. The van der Waals surface area contributed by atoms with Crippen molar-refractivity contribution in [1.29, 1.82) is 0 Å². The van der Waals surface area contributed by atoms with Crippen molar-refractivity contribution in [2.24, 2.45) is 0 Å². The first kappa shape index (κ1) is 17.3. The van der Waals surface area contributed by atoms with E-state index in [1.807, 2.05) is 55.5 Å². The van der Waals surface area contributed by atoms with E-state index in [1.54, 1.807) is 6.92 Å². The predicted octanol–water partition coefficient (Wildman–Crippen LogP) is 4.70. The maximum Gasteiger partial charge on any atom is 0.209 e. The van der Waals surface area contributed by atoms with Gasteiger partial charge < -0.3 is 10.1 Å². The van der Waals surface area contributed by atoms with Gasteiger partial charge in [0, 0.05) is 11.3 Å². The minimum Gasteiger partial charge on any atom is -0.494 e. The summed E-state index contributed by atoms with van der Waals surface area (Å²) in [7, 11) is 0. The molecular weight excluding hydrogens is 338 g/mol. The summed E-state index contributed by atoms with van der Waals surface area (Å²) in [5.74, 6) is 1.62. The third kappa shape index (κ3) is 2.99. The number of Topliss-reactive ketones (excluding diaryl/α,β-unsaturated/α-hetero) is 1. The number of hydrogen-bond donors (Lipinski definition) is 1. The lowest BCUT2D eigenvalue weighted by molar-refractivity contribution is -0.114. The average Bonchev–Trinajstić information content (AvgIpc) is 3.03. The average molecular weight is 361 g/mol. The Morgan fingerprint density at radius 2 is 2.04 bits per heavy atom. The molecule has 0 aliphatic carbocycles. The summed E-state index contributed by atoms with van der Waals surface area (Å²) in [5.41, 5.74) is 4.50. The van der Waals surface area contributed by atoms with Crippen LogP contribution in [0.2, 0.25) is 0 Å². The van der Waals surface area contributed by atoms with Crippen LogP contribution < -0.4 is 10.1 Å². The molecule has 1 aliphatic heterocycles. The van der Waals surface area contributed by atoms with Crippen LogP contribution in [0.25, 0.3) is 11.0 Å². The largest absolute Gasteiger partial charge is 0.494 e. The van der Waals surface area contributed by atoms with Crippen molar-refractivity contribution in [3.05, 3.63) is 65.4 Å². The highest BCUT2D eigenvalue weighted by atomic mass is 16.5. The van der Waals surface area contributed by atoms with Crippen molar-refractivity contribution in [3.63, 3.8) is 0 Å². The second-order valence-electron chi connectivity index (χ2n) is 6.84. The third-order valence-corrected chi connectivity index (χ3v) is 4.86. The van der Waals surface area contributed by atoms with Gasteiger partial charge >= 0.3 is 0 Å². The van der Waals surface area contributed by atoms with Gasteiger partial charge in [-0.25, -0.2) is 4.98 Å². The van der Waals surface area contributed by atoms with Crippen LogP contribution in [-0.2, 0) is 4.79 Å². The van der Waals surface area contributed by atoms with Gasteiger partial charge in [-0.1, -0.05) is 31.2 Å². The van der Waals surface area contributed by atoms with Gasteiger partial charge in [-0.15, -0.1) is 0 Å². The topological polar surface area (TPSA) is 56.1 Å². The van der Waals surface area contributed by atoms with Gasteiger partial charge in [-0.3, -0.25) is 9.36 Å². The molecule has 0 unspecified atom stereocenters. The molecule has 2 aromatic carbocycles. The van der Waals surface area contributed by atoms with Crippen molar-refractivity contribution in [1.82, 2.24) is 9.55 Å². The maximum atomic E-state index is 12.6. The van der Waals surface area contributed by atoms with Crippen LogP contribution in [-0.4, -0.2) is 21.9 Å². The van der Waals surface area contributed by atoms with E-state index in [1.165, 1.54) is 0 Å². The number of benzene rings is 2. The molecular formula is C22H23N3O2. The number of fused-ring (bicyclic) bond motifs is 3. The molecule has 0 amide bonds. The smallest absolute Gasteiger partial charge is 0.209 e. The number of nitrogens with one attached hydrogen (secondary N) is 1. The Morgan fingerprint density at radius 1 is 1.22 bits per heavy atom. The van der Waals surface area contributed by atoms with Gasteiger partial charge in [0.05, 0.1) is 23.7 Å². The Balaban J connectivity index is 1.92. The number of ether oxygens (including phenoxy) is 1. The summed E-state index contributed by atoms with van der Waals surface area (Å²) < 4.78 is 7.93. The molecule has 5 nitrogen and oxygen atoms in total. The molecule has 0 saturated heterocycles. The molecule has 5 heteroatoms. The summed E-state index contributed by atoms with van der Waals surface area (Å²) in [6.45, 7) is 6.31. The molecule has 1 N–H and O–H groups in total. The Bertz CT molecular complexity index is 1050. The minimum absolute atomic E-state index is 0.0494. The number of aromatic nitrogens is 2. The molecule has 4 rings (SSSR count). The van der Waals surface area contributed by atoms with Crippen LogP contribution in [0.3, 0.4) is 0 Å². The molecule has 27 heavy (non-hydrogen) atoms. The Labute approximate surface area is 158 Å². The zero-order chi connectivity index (χ0) is 19.0. The lowest BCUT2D eigenvalue weighted by Crippen LogP contribution is -2.27. The number of hydrogen-bond acceptors (Lipinski definition) is 4. The van der Waals surface area contributed by atoms with Gasteiger partial charge in [0.25, 0.3) is 0 Å². The Hall–Kier alpha value is -3.08. The molecule has 0 fully saturated rings. The number of imidazole rings is 1. The number of nitrogens with zero attached hydrogens (tertiary/aromatic N) is 2. The number of ketones is 1. The number of para-hydroxylation sites is 2.